The van der Waals surface area contributed by atoms with E-state index in [-0.39, 0.29) is 11.5 Å². The molecule has 0 radical (unpaired) electrons. The fraction of sp³-hybridized carbons (Fsp3) is 0.333. The van der Waals surface area contributed by atoms with Crippen molar-refractivity contribution in [2.75, 3.05) is 6.61 Å². The van der Waals surface area contributed by atoms with E-state index in [1.54, 1.807) is 48.8 Å². The molecule has 2 atom stereocenters. The van der Waals surface area contributed by atoms with Gasteiger partial charge in [-0.25, -0.2) is 18.1 Å². The van der Waals surface area contributed by atoms with Crippen molar-refractivity contribution >= 4 is 27.3 Å². The molecule has 0 spiro atoms. The summed E-state index contributed by atoms with van der Waals surface area (Å²) in [4.78, 5) is 17.2. The van der Waals surface area contributed by atoms with E-state index < -0.39 is 26.8 Å². The first-order valence-electron chi connectivity index (χ1n) is 10.8. The summed E-state index contributed by atoms with van der Waals surface area (Å²) in [5, 5.41) is 12.9. The lowest BCUT2D eigenvalue weighted by Gasteiger charge is -2.30. The predicted molar refractivity (Wildman–Crippen MR) is 126 cm³/mol. The Hall–Kier alpha value is -2.75. The summed E-state index contributed by atoms with van der Waals surface area (Å²) in [6, 6.07) is 12.3. The smallest absolute Gasteiger partial charge is 0.265 e. The fourth-order valence-electron chi connectivity index (χ4n) is 4.07. The number of hydrogen-bond acceptors (Lipinski definition) is 7. The molecule has 2 aromatic carbocycles. The van der Waals surface area contributed by atoms with Crippen molar-refractivity contribution < 1.29 is 23.1 Å². The number of rotatable bonds is 6. The Bertz CT molecular complexity index is 1300. The Morgan fingerprint density at radius 1 is 1.27 bits per heavy atom. The van der Waals surface area contributed by atoms with Crippen LogP contribution in [0.15, 0.2) is 53.4 Å². The average molecular weight is 485 g/mol. The van der Waals surface area contributed by atoms with Crippen LogP contribution in [-0.4, -0.2) is 35.8 Å². The van der Waals surface area contributed by atoms with Crippen molar-refractivity contribution in [1.82, 2.24) is 9.71 Å². The Morgan fingerprint density at radius 2 is 2.06 bits per heavy atom. The number of carbonyl (C=O) groups is 1. The lowest BCUT2D eigenvalue weighted by atomic mass is 9.88. The standard InChI is InChI=1S/C24H24N2O5S2/c1-24(8-9-24)33(29,30)26-23(28)19-5-3-2-4-18(19)15-6-7-20-21(11-15)31-12-16(22(20)27)10-17-13-32-14-25-17/h2-7,11,13-14,16,22,27H,8-10,12H2,1H3,(H,26,28)/t16?,22-/m1/s1. The molecule has 1 amide bonds. The Kier molecular flexibility index (Phi) is 5.50. The number of nitrogens with one attached hydrogen (secondary N) is 1. The van der Waals surface area contributed by atoms with Gasteiger partial charge in [-0.15, -0.1) is 11.3 Å². The normalized spacial score (nSPS) is 21.0. The van der Waals surface area contributed by atoms with Crippen LogP contribution in [0.1, 0.15) is 47.5 Å². The quantitative estimate of drug-likeness (QED) is 0.553. The minimum Gasteiger partial charge on any atom is -0.493 e. The Morgan fingerprint density at radius 3 is 2.79 bits per heavy atom. The average Bonchev–Trinajstić information content (AvgIpc) is 3.36. The summed E-state index contributed by atoms with van der Waals surface area (Å²) in [5.74, 6) is -0.193. The maximum atomic E-state index is 12.9. The molecule has 3 aromatic rings. The van der Waals surface area contributed by atoms with Gasteiger partial charge < -0.3 is 9.84 Å². The minimum absolute atomic E-state index is 0.0995. The number of thiazole rings is 1. The molecule has 7 nitrogen and oxygen atoms in total. The van der Waals surface area contributed by atoms with Gasteiger partial charge >= 0.3 is 0 Å². The molecule has 0 saturated heterocycles. The van der Waals surface area contributed by atoms with E-state index in [4.69, 9.17) is 4.74 Å². The van der Waals surface area contributed by atoms with E-state index in [0.717, 1.165) is 5.69 Å². The molecule has 0 bridgehead atoms. The molecule has 33 heavy (non-hydrogen) atoms. The van der Waals surface area contributed by atoms with E-state index in [1.807, 2.05) is 11.4 Å². The molecule has 1 aliphatic carbocycles. The molecule has 1 aliphatic heterocycles. The highest BCUT2D eigenvalue weighted by Crippen LogP contribution is 2.43. The fourth-order valence-corrected chi connectivity index (χ4v) is 5.88. The van der Waals surface area contributed by atoms with Crippen molar-refractivity contribution in [3.05, 3.63) is 70.2 Å². The van der Waals surface area contributed by atoms with Gasteiger partial charge in [0, 0.05) is 22.4 Å². The second-order valence-corrected chi connectivity index (χ2v) is 11.8. The highest BCUT2D eigenvalue weighted by Gasteiger charge is 2.51. The van der Waals surface area contributed by atoms with Gasteiger partial charge in [-0.1, -0.05) is 30.3 Å². The van der Waals surface area contributed by atoms with Crippen LogP contribution in [0, 0.1) is 5.92 Å². The Balaban J connectivity index is 1.41. The third-order valence-electron chi connectivity index (χ3n) is 6.50. The van der Waals surface area contributed by atoms with Gasteiger partial charge in [0.15, 0.2) is 0 Å². The number of carbonyl (C=O) groups excluding carboxylic acids is 1. The lowest BCUT2D eigenvalue weighted by molar-refractivity contribution is 0.0504. The number of aliphatic hydroxyl groups excluding tert-OH is 1. The van der Waals surface area contributed by atoms with Crippen LogP contribution in [0.25, 0.3) is 11.1 Å². The zero-order valence-electron chi connectivity index (χ0n) is 18.0. The topological polar surface area (TPSA) is 106 Å². The molecule has 1 saturated carbocycles. The van der Waals surface area contributed by atoms with Crippen molar-refractivity contribution in [3.8, 4) is 16.9 Å². The molecular formula is C24H24N2O5S2. The highest BCUT2D eigenvalue weighted by molar-refractivity contribution is 7.91. The summed E-state index contributed by atoms with van der Waals surface area (Å²) in [6.07, 6.45) is 1.03. The molecule has 1 aromatic heterocycles. The largest absolute Gasteiger partial charge is 0.493 e. The summed E-state index contributed by atoms with van der Waals surface area (Å²) in [6.45, 7) is 2.00. The van der Waals surface area contributed by atoms with E-state index in [9.17, 15) is 18.3 Å². The molecular weight excluding hydrogens is 460 g/mol. The zero-order chi connectivity index (χ0) is 23.2. The number of nitrogens with zero attached hydrogens (tertiary/aromatic N) is 1. The van der Waals surface area contributed by atoms with E-state index in [2.05, 4.69) is 9.71 Å². The van der Waals surface area contributed by atoms with Crippen molar-refractivity contribution in [2.45, 2.75) is 37.0 Å². The molecule has 2 aliphatic rings. The minimum atomic E-state index is -3.74. The first kappa shape index (κ1) is 22.1. The number of hydrogen-bond donors (Lipinski definition) is 2. The summed E-state index contributed by atoms with van der Waals surface area (Å²) < 4.78 is 32.4. The zero-order valence-corrected chi connectivity index (χ0v) is 19.7. The highest BCUT2D eigenvalue weighted by atomic mass is 32.2. The maximum absolute atomic E-state index is 12.9. The van der Waals surface area contributed by atoms with E-state index >= 15 is 0 Å². The summed E-state index contributed by atoms with van der Waals surface area (Å²) in [7, 11) is -3.74. The number of aliphatic hydroxyl groups is 1. The van der Waals surface area contributed by atoms with Gasteiger partial charge in [-0.2, -0.15) is 0 Å². The van der Waals surface area contributed by atoms with Gasteiger partial charge in [-0.05, 0) is 49.4 Å². The van der Waals surface area contributed by atoms with Crippen LogP contribution in [0.2, 0.25) is 0 Å². The van der Waals surface area contributed by atoms with Gasteiger partial charge in [0.25, 0.3) is 5.91 Å². The van der Waals surface area contributed by atoms with Crippen molar-refractivity contribution in [1.29, 1.82) is 0 Å². The van der Waals surface area contributed by atoms with Crippen LogP contribution in [0.4, 0.5) is 0 Å². The second-order valence-electron chi connectivity index (χ2n) is 8.88. The molecule has 2 heterocycles. The molecule has 1 unspecified atom stereocenters. The number of aromatic nitrogens is 1. The van der Waals surface area contributed by atoms with Gasteiger partial charge in [0.05, 0.1) is 28.7 Å². The van der Waals surface area contributed by atoms with Crippen LogP contribution >= 0.6 is 11.3 Å². The molecule has 5 rings (SSSR count). The number of ether oxygens (including phenoxy) is 1. The SMILES string of the molecule is CC1(S(=O)(=O)NC(=O)c2ccccc2-c2ccc3c(c2)OCC(Cc2cscn2)[C@H]3O)CC1. The molecule has 2 N–H and O–H groups in total. The number of amides is 1. The van der Waals surface area contributed by atoms with Crippen LogP contribution in [-0.2, 0) is 16.4 Å². The Labute approximate surface area is 196 Å². The second kappa shape index (κ2) is 8.23. The number of fused-ring (bicyclic) bond motifs is 1. The third kappa shape index (κ3) is 4.16. The van der Waals surface area contributed by atoms with Gasteiger partial charge in [-0.3, -0.25) is 4.79 Å². The summed E-state index contributed by atoms with van der Waals surface area (Å²) in [5.41, 5.74) is 4.97. The van der Waals surface area contributed by atoms with Crippen molar-refractivity contribution in [3.63, 3.8) is 0 Å². The first-order chi connectivity index (χ1) is 15.8. The van der Waals surface area contributed by atoms with Gasteiger partial charge in [0.1, 0.15) is 5.75 Å². The van der Waals surface area contributed by atoms with Crippen molar-refractivity contribution in [2.24, 2.45) is 5.92 Å². The van der Waals surface area contributed by atoms with E-state index in [1.165, 1.54) is 11.3 Å². The predicted octanol–water partition coefficient (Wildman–Crippen LogP) is 3.71. The maximum Gasteiger partial charge on any atom is 0.265 e. The molecule has 1 fully saturated rings. The summed E-state index contributed by atoms with van der Waals surface area (Å²) >= 11 is 1.52. The number of sulfonamides is 1. The van der Waals surface area contributed by atoms with Gasteiger partial charge in [0.2, 0.25) is 10.0 Å². The number of benzene rings is 2. The molecule has 9 heteroatoms. The van der Waals surface area contributed by atoms with Crippen LogP contribution in [0.5, 0.6) is 5.75 Å². The molecule has 172 valence electrons. The van der Waals surface area contributed by atoms with Crippen LogP contribution < -0.4 is 9.46 Å². The monoisotopic (exact) mass is 484 g/mol. The van der Waals surface area contributed by atoms with E-state index in [0.29, 0.717) is 48.3 Å². The first-order valence-corrected chi connectivity index (χ1v) is 13.2. The lowest BCUT2D eigenvalue weighted by Crippen LogP contribution is -2.38. The van der Waals surface area contributed by atoms with Crippen LogP contribution in [0.3, 0.4) is 0 Å². The third-order valence-corrected chi connectivity index (χ3v) is 9.29.